The molecule has 18 heavy (non-hydrogen) atoms. The Bertz CT molecular complexity index is 315. The summed E-state index contributed by atoms with van der Waals surface area (Å²) in [5, 5.41) is 0. The van der Waals surface area contributed by atoms with E-state index in [1.165, 1.54) is 12.8 Å². The minimum Gasteiger partial charge on any atom is -0.340 e. The average Bonchev–Trinajstić information content (AvgIpc) is 2.65. The van der Waals surface area contributed by atoms with Gasteiger partial charge < -0.3 is 10.6 Å². The van der Waals surface area contributed by atoms with Gasteiger partial charge in [0, 0.05) is 41.9 Å². The summed E-state index contributed by atoms with van der Waals surface area (Å²) in [6, 6.07) is 0. The van der Waals surface area contributed by atoms with Gasteiger partial charge in [0.15, 0.2) is 0 Å². The van der Waals surface area contributed by atoms with Gasteiger partial charge in [-0.3, -0.25) is 9.00 Å². The number of nitrogens with zero attached hydrogens (tertiary/aromatic N) is 1. The van der Waals surface area contributed by atoms with Crippen LogP contribution in [0.4, 0.5) is 0 Å². The number of nitrogens with two attached hydrogens (primary N) is 1. The van der Waals surface area contributed by atoms with Crippen LogP contribution in [0, 0.1) is 5.41 Å². The quantitative estimate of drug-likeness (QED) is 0.759. The molecule has 2 fully saturated rings. The normalized spacial score (nSPS) is 25.7. The maximum atomic E-state index is 12.7. The van der Waals surface area contributed by atoms with E-state index in [0.717, 1.165) is 25.7 Å². The van der Waals surface area contributed by atoms with Crippen molar-refractivity contribution in [2.75, 3.05) is 31.1 Å². The zero-order valence-corrected chi connectivity index (χ0v) is 11.8. The molecule has 0 atom stereocenters. The van der Waals surface area contributed by atoms with Crippen LogP contribution in [0.3, 0.4) is 0 Å². The van der Waals surface area contributed by atoms with Crippen molar-refractivity contribution in [3.05, 3.63) is 0 Å². The van der Waals surface area contributed by atoms with Gasteiger partial charge in [0.25, 0.3) is 0 Å². The fourth-order valence-electron chi connectivity index (χ4n) is 3.09. The zero-order chi connectivity index (χ0) is 13.0. The Hall–Kier alpha value is -0.420. The molecule has 1 saturated heterocycles. The van der Waals surface area contributed by atoms with Gasteiger partial charge in [-0.1, -0.05) is 25.7 Å². The Morgan fingerprint density at radius 1 is 1.11 bits per heavy atom. The Balaban J connectivity index is 2.06. The minimum atomic E-state index is -0.726. The predicted molar refractivity (Wildman–Crippen MR) is 73.6 cm³/mol. The second-order valence-corrected chi connectivity index (χ2v) is 7.24. The van der Waals surface area contributed by atoms with Crippen LogP contribution in [0.15, 0.2) is 0 Å². The first-order valence-electron chi connectivity index (χ1n) is 7.02. The van der Waals surface area contributed by atoms with Crippen molar-refractivity contribution in [2.45, 2.75) is 38.5 Å². The highest BCUT2D eigenvalue weighted by molar-refractivity contribution is 7.85. The van der Waals surface area contributed by atoms with Gasteiger partial charge in [-0.25, -0.2) is 0 Å². The molecule has 4 nitrogen and oxygen atoms in total. The number of amides is 1. The minimum absolute atomic E-state index is 0.226. The topological polar surface area (TPSA) is 63.4 Å². The second-order valence-electron chi connectivity index (χ2n) is 5.54. The monoisotopic (exact) mass is 272 g/mol. The van der Waals surface area contributed by atoms with Crippen LogP contribution in [-0.4, -0.2) is 46.2 Å². The third kappa shape index (κ3) is 2.94. The maximum absolute atomic E-state index is 12.7. The molecule has 0 aromatic rings. The van der Waals surface area contributed by atoms with Crippen LogP contribution < -0.4 is 5.73 Å². The lowest BCUT2D eigenvalue weighted by atomic mass is 9.79. The van der Waals surface area contributed by atoms with E-state index in [1.807, 2.05) is 4.90 Å². The van der Waals surface area contributed by atoms with Gasteiger partial charge in [-0.2, -0.15) is 0 Å². The van der Waals surface area contributed by atoms with Gasteiger partial charge in [-0.05, 0) is 12.8 Å². The van der Waals surface area contributed by atoms with E-state index in [1.54, 1.807) is 0 Å². The van der Waals surface area contributed by atoms with Crippen LogP contribution in [0.1, 0.15) is 38.5 Å². The predicted octanol–water partition coefficient (Wildman–Crippen LogP) is 0.877. The van der Waals surface area contributed by atoms with Crippen molar-refractivity contribution < 1.29 is 9.00 Å². The Morgan fingerprint density at radius 3 is 2.17 bits per heavy atom. The number of carbonyl (C=O) groups excluding carboxylic acids is 1. The first kappa shape index (κ1) is 14.0. The molecule has 0 bridgehead atoms. The Morgan fingerprint density at radius 2 is 1.67 bits per heavy atom. The van der Waals surface area contributed by atoms with Crippen molar-refractivity contribution in [1.82, 2.24) is 4.90 Å². The van der Waals surface area contributed by atoms with E-state index in [0.29, 0.717) is 31.1 Å². The van der Waals surface area contributed by atoms with E-state index < -0.39 is 10.8 Å². The SMILES string of the molecule is NCC1(C(=O)N2CCS(=O)CC2)CCCCCC1. The van der Waals surface area contributed by atoms with E-state index in [2.05, 4.69) is 0 Å². The number of hydrogen-bond acceptors (Lipinski definition) is 3. The van der Waals surface area contributed by atoms with Gasteiger partial charge in [0.1, 0.15) is 0 Å². The van der Waals surface area contributed by atoms with Crippen molar-refractivity contribution in [1.29, 1.82) is 0 Å². The van der Waals surface area contributed by atoms with E-state index >= 15 is 0 Å². The van der Waals surface area contributed by atoms with Gasteiger partial charge in [-0.15, -0.1) is 0 Å². The van der Waals surface area contributed by atoms with Crippen molar-refractivity contribution in [3.8, 4) is 0 Å². The highest BCUT2D eigenvalue weighted by Crippen LogP contribution is 2.36. The summed E-state index contributed by atoms with van der Waals surface area (Å²) in [6.45, 7) is 1.76. The number of carbonyl (C=O) groups is 1. The molecule has 1 amide bonds. The molecule has 0 aromatic carbocycles. The number of hydrogen-bond donors (Lipinski definition) is 1. The lowest BCUT2D eigenvalue weighted by Gasteiger charge is -2.37. The first-order chi connectivity index (χ1) is 8.68. The largest absolute Gasteiger partial charge is 0.340 e. The summed E-state index contributed by atoms with van der Waals surface area (Å²) in [5.41, 5.74) is 5.61. The highest BCUT2D eigenvalue weighted by atomic mass is 32.2. The van der Waals surface area contributed by atoms with E-state index in [9.17, 15) is 9.00 Å². The molecule has 0 radical (unpaired) electrons. The third-order valence-corrected chi connectivity index (χ3v) is 5.65. The lowest BCUT2D eigenvalue weighted by molar-refractivity contribution is -0.142. The molecule has 104 valence electrons. The van der Waals surface area contributed by atoms with E-state index in [4.69, 9.17) is 5.73 Å². The summed E-state index contributed by atoms with van der Waals surface area (Å²) >= 11 is 0. The number of rotatable bonds is 2. The standard InChI is InChI=1S/C13H24N2O2S/c14-11-13(5-3-1-2-4-6-13)12(16)15-7-9-18(17)10-8-15/h1-11,14H2. The molecule has 1 aliphatic carbocycles. The average molecular weight is 272 g/mol. The van der Waals surface area contributed by atoms with Gasteiger partial charge in [0.2, 0.25) is 5.91 Å². The molecule has 2 aliphatic rings. The van der Waals surface area contributed by atoms with Crippen LogP contribution in [-0.2, 0) is 15.6 Å². The molecular weight excluding hydrogens is 248 g/mol. The second kappa shape index (κ2) is 6.15. The molecule has 5 heteroatoms. The fourth-order valence-corrected chi connectivity index (χ4v) is 4.14. The maximum Gasteiger partial charge on any atom is 0.230 e. The fraction of sp³-hybridized carbons (Fsp3) is 0.923. The molecule has 2 rings (SSSR count). The van der Waals surface area contributed by atoms with Gasteiger partial charge >= 0.3 is 0 Å². The van der Waals surface area contributed by atoms with Crippen LogP contribution in [0.25, 0.3) is 0 Å². The molecule has 1 aliphatic heterocycles. The lowest BCUT2D eigenvalue weighted by Crippen LogP contribution is -2.51. The van der Waals surface area contributed by atoms with Crippen LogP contribution in [0.2, 0.25) is 0 Å². The van der Waals surface area contributed by atoms with Crippen LogP contribution >= 0.6 is 0 Å². The van der Waals surface area contributed by atoms with Crippen molar-refractivity contribution >= 4 is 16.7 Å². The van der Waals surface area contributed by atoms with E-state index in [-0.39, 0.29) is 11.3 Å². The van der Waals surface area contributed by atoms with Crippen LogP contribution in [0.5, 0.6) is 0 Å². The zero-order valence-electron chi connectivity index (χ0n) is 11.0. The molecule has 0 spiro atoms. The Labute approximate surface area is 112 Å². The molecule has 2 N–H and O–H groups in total. The van der Waals surface area contributed by atoms with Crippen molar-refractivity contribution in [3.63, 3.8) is 0 Å². The summed E-state index contributed by atoms with van der Waals surface area (Å²) in [4.78, 5) is 14.6. The smallest absolute Gasteiger partial charge is 0.230 e. The summed E-state index contributed by atoms with van der Waals surface area (Å²) in [6.07, 6.45) is 6.54. The third-order valence-electron chi connectivity index (χ3n) is 4.37. The molecular formula is C13H24N2O2S. The Kier molecular flexibility index (Phi) is 4.78. The first-order valence-corrected chi connectivity index (χ1v) is 8.51. The van der Waals surface area contributed by atoms with Gasteiger partial charge in [0.05, 0.1) is 5.41 Å². The summed E-state index contributed by atoms with van der Waals surface area (Å²) < 4.78 is 11.4. The summed E-state index contributed by atoms with van der Waals surface area (Å²) in [7, 11) is -0.726. The molecule has 0 aromatic heterocycles. The summed E-state index contributed by atoms with van der Waals surface area (Å²) in [5.74, 6) is 1.49. The molecule has 1 heterocycles. The highest BCUT2D eigenvalue weighted by Gasteiger charge is 2.40. The molecule has 0 unspecified atom stereocenters. The molecule has 1 saturated carbocycles. The van der Waals surface area contributed by atoms with Crippen molar-refractivity contribution in [2.24, 2.45) is 11.1 Å².